The van der Waals surface area contributed by atoms with Gasteiger partial charge in [-0.05, 0) is 29.8 Å². The van der Waals surface area contributed by atoms with Crippen LogP contribution in [-0.2, 0) is 11.3 Å². The number of ether oxygens (including phenoxy) is 1. The van der Waals surface area contributed by atoms with Crippen LogP contribution >= 0.6 is 0 Å². The van der Waals surface area contributed by atoms with Crippen LogP contribution in [0, 0.1) is 0 Å². The predicted octanol–water partition coefficient (Wildman–Crippen LogP) is 2.12. The number of methoxy groups -OCH3 is 1. The van der Waals surface area contributed by atoms with Gasteiger partial charge >= 0.3 is 0 Å². The van der Waals surface area contributed by atoms with Gasteiger partial charge in [-0.25, -0.2) is 0 Å². The van der Waals surface area contributed by atoms with E-state index in [2.05, 4.69) is 0 Å². The fourth-order valence-electron chi connectivity index (χ4n) is 2.65. The van der Waals surface area contributed by atoms with Crippen LogP contribution in [0.2, 0.25) is 0 Å². The molecule has 3 rings (SSSR count). The van der Waals surface area contributed by atoms with Crippen molar-refractivity contribution in [1.29, 1.82) is 0 Å². The van der Waals surface area contributed by atoms with Crippen molar-refractivity contribution < 1.29 is 19.1 Å². The van der Waals surface area contributed by atoms with Gasteiger partial charge in [0.15, 0.2) is 0 Å². The maximum Gasteiger partial charge on any atom is 0.252 e. The molecule has 1 aliphatic heterocycles. The predicted molar refractivity (Wildman–Crippen MR) is 75.6 cm³/mol. The molecule has 0 spiro atoms. The molecule has 0 saturated carbocycles. The van der Waals surface area contributed by atoms with Crippen molar-refractivity contribution in [1.82, 2.24) is 4.90 Å². The van der Waals surface area contributed by atoms with Gasteiger partial charge in [0.25, 0.3) is 5.91 Å². The van der Waals surface area contributed by atoms with Crippen LogP contribution in [0.1, 0.15) is 23.8 Å². The zero-order valence-corrected chi connectivity index (χ0v) is 11.7. The number of aliphatic hydroxyl groups excluding tert-OH is 1. The van der Waals surface area contributed by atoms with Crippen LogP contribution in [0.15, 0.2) is 47.1 Å². The number of benzene rings is 1. The van der Waals surface area contributed by atoms with Crippen LogP contribution in [-0.4, -0.2) is 29.1 Å². The quantitative estimate of drug-likeness (QED) is 0.935. The molecule has 5 heteroatoms. The summed E-state index contributed by atoms with van der Waals surface area (Å²) in [6.07, 6.45) is 0.983. The molecule has 5 nitrogen and oxygen atoms in total. The molecule has 0 radical (unpaired) electrons. The van der Waals surface area contributed by atoms with E-state index < -0.39 is 6.10 Å². The first kappa shape index (κ1) is 13.7. The smallest absolute Gasteiger partial charge is 0.252 e. The number of amides is 1. The maximum absolute atomic E-state index is 12.1. The summed E-state index contributed by atoms with van der Waals surface area (Å²) in [4.78, 5) is 13.8. The van der Waals surface area contributed by atoms with Gasteiger partial charge in [0.2, 0.25) is 0 Å². The van der Waals surface area contributed by atoms with Gasteiger partial charge in [-0.2, -0.15) is 0 Å². The Morgan fingerprint density at radius 3 is 2.71 bits per heavy atom. The average molecular weight is 287 g/mol. The first-order valence-corrected chi connectivity index (χ1v) is 6.84. The van der Waals surface area contributed by atoms with E-state index in [-0.39, 0.29) is 11.9 Å². The molecule has 0 bridgehead atoms. The molecule has 2 aromatic rings. The molecule has 2 atom stereocenters. The number of carbonyl (C=O) groups excluding carboxylic acids is 1. The Morgan fingerprint density at radius 1 is 1.33 bits per heavy atom. The van der Waals surface area contributed by atoms with Crippen LogP contribution in [0.5, 0.6) is 5.75 Å². The lowest BCUT2D eigenvalue weighted by molar-refractivity contribution is -0.136. The van der Waals surface area contributed by atoms with Crippen molar-refractivity contribution in [2.24, 2.45) is 0 Å². The number of furan rings is 1. The average Bonchev–Trinajstić information content (AvgIpc) is 3.12. The lowest BCUT2D eigenvalue weighted by Gasteiger charge is -2.23. The van der Waals surface area contributed by atoms with E-state index >= 15 is 0 Å². The standard InChI is InChI=1S/C16H17NO4/c1-20-12-6-4-11(5-7-12)10-17-13(9-14(18)16(17)19)15-3-2-8-21-15/h2-8,13-14,18H,9-10H2,1H3/t13-,14-/m1/s1. The molecule has 1 N–H and O–H groups in total. The third-order valence-electron chi connectivity index (χ3n) is 3.77. The lowest BCUT2D eigenvalue weighted by atomic mass is 10.1. The molecule has 1 aliphatic rings. The van der Waals surface area contributed by atoms with E-state index in [0.29, 0.717) is 18.7 Å². The highest BCUT2D eigenvalue weighted by Crippen LogP contribution is 2.34. The molecule has 1 aromatic carbocycles. The van der Waals surface area contributed by atoms with Crippen LogP contribution in [0.4, 0.5) is 0 Å². The van der Waals surface area contributed by atoms with Crippen LogP contribution < -0.4 is 4.74 Å². The number of nitrogens with zero attached hydrogens (tertiary/aromatic N) is 1. The highest BCUT2D eigenvalue weighted by molar-refractivity contribution is 5.83. The third kappa shape index (κ3) is 2.64. The van der Waals surface area contributed by atoms with E-state index in [4.69, 9.17) is 9.15 Å². The van der Waals surface area contributed by atoms with Gasteiger partial charge in [0.1, 0.15) is 17.6 Å². The summed E-state index contributed by atoms with van der Waals surface area (Å²) in [6.45, 7) is 0.436. The Kier molecular flexibility index (Phi) is 3.66. The van der Waals surface area contributed by atoms with Gasteiger partial charge in [0, 0.05) is 13.0 Å². The van der Waals surface area contributed by atoms with Crippen molar-refractivity contribution >= 4 is 5.91 Å². The van der Waals surface area contributed by atoms with Gasteiger partial charge in [-0.15, -0.1) is 0 Å². The SMILES string of the molecule is COc1ccc(CN2C(=O)[C@H](O)C[C@@H]2c2ccco2)cc1. The van der Waals surface area contributed by atoms with E-state index in [1.807, 2.05) is 30.3 Å². The Balaban J connectivity index is 1.81. The number of hydrogen-bond donors (Lipinski definition) is 1. The minimum absolute atomic E-state index is 0.218. The second-order valence-corrected chi connectivity index (χ2v) is 5.10. The van der Waals surface area contributed by atoms with Crippen molar-refractivity contribution in [3.63, 3.8) is 0 Å². The van der Waals surface area contributed by atoms with Crippen LogP contribution in [0.25, 0.3) is 0 Å². The van der Waals surface area contributed by atoms with E-state index in [0.717, 1.165) is 11.3 Å². The topological polar surface area (TPSA) is 62.9 Å². The van der Waals surface area contributed by atoms with E-state index in [9.17, 15) is 9.90 Å². The van der Waals surface area contributed by atoms with Gasteiger partial charge in [0.05, 0.1) is 19.4 Å². The minimum atomic E-state index is -0.960. The molecule has 21 heavy (non-hydrogen) atoms. The summed E-state index contributed by atoms with van der Waals surface area (Å²) in [6, 6.07) is 10.9. The first-order chi connectivity index (χ1) is 10.2. The summed E-state index contributed by atoms with van der Waals surface area (Å²) in [5, 5.41) is 9.84. The highest BCUT2D eigenvalue weighted by Gasteiger charge is 2.40. The number of carbonyl (C=O) groups is 1. The Morgan fingerprint density at radius 2 is 2.10 bits per heavy atom. The Hall–Kier alpha value is -2.27. The molecule has 2 heterocycles. The maximum atomic E-state index is 12.1. The first-order valence-electron chi connectivity index (χ1n) is 6.84. The van der Waals surface area contributed by atoms with Crippen molar-refractivity contribution in [2.45, 2.75) is 25.1 Å². The fourth-order valence-corrected chi connectivity index (χ4v) is 2.65. The largest absolute Gasteiger partial charge is 0.497 e. The van der Waals surface area contributed by atoms with Crippen molar-refractivity contribution in [3.8, 4) is 5.75 Å². The monoisotopic (exact) mass is 287 g/mol. The molecule has 1 amide bonds. The minimum Gasteiger partial charge on any atom is -0.497 e. The fraction of sp³-hybridized carbons (Fsp3) is 0.312. The molecular weight excluding hydrogens is 270 g/mol. The molecule has 0 unspecified atom stereocenters. The zero-order chi connectivity index (χ0) is 14.8. The third-order valence-corrected chi connectivity index (χ3v) is 3.77. The number of rotatable bonds is 4. The van der Waals surface area contributed by atoms with Crippen molar-refractivity contribution in [3.05, 3.63) is 54.0 Å². The van der Waals surface area contributed by atoms with Crippen molar-refractivity contribution in [2.75, 3.05) is 7.11 Å². The Bertz CT molecular complexity index is 606. The van der Waals surface area contributed by atoms with Gasteiger partial charge in [-0.1, -0.05) is 12.1 Å². The zero-order valence-electron chi connectivity index (χ0n) is 11.7. The summed E-state index contributed by atoms with van der Waals surface area (Å²) >= 11 is 0. The molecule has 110 valence electrons. The number of hydrogen-bond acceptors (Lipinski definition) is 4. The molecule has 1 saturated heterocycles. The highest BCUT2D eigenvalue weighted by atomic mass is 16.5. The second kappa shape index (κ2) is 5.61. The van der Waals surface area contributed by atoms with E-state index in [1.54, 1.807) is 24.3 Å². The van der Waals surface area contributed by atoms with Gasteiger partial charge in [-0.3, -0.25) is 4.79 Å². The summed E-state index contributed by atoms with van der Waals surface area (Å²) in [5.74, 6) is 1.22. The number of aliphatic hydroxyl groups is 1. The van der Waals surface area contributed by atoms with Gasteiger partial charge < -0.3 is 19.2 Å². The normalized spacial score (nSPS) is 21.8. The summed E-state index contributed by atoms with van der Waals surface area (Å²) in [7, 11) is 1.61. The molecular formula is C16H17NO4. The molecule has 1 fully saturated rings. The summed E-state index contributed by atoms with van der Waals surface area (Å²) in [5.41, 5.74) is 0.981. The molecule has 0 aliphatic carbocycles. The second-order valence-electron chi connectivity index (χ2n) is 5.10. The number of likely N-dealkylation sites (tertiary alicyclic amines) is 1. The van der Waals surface area contributed by atoms with Crippen LogP contribution in [0.3, 0.4) is 0 Å². The Labute approximate surface area is 122 Å². The lowest BCUT2D eigenvalue weighted by Crippen LogP contribution is -2.30. The van der Waals surface area contributed by atoms with E-state index in [1.165, 1.54) is 0 Å². The molecule has 1 aromatic heterocycles. The summed E-state index contributed by atoms with van der Waals surface area (Å²) < 4.78 is 10.5.